The maximum absolute atomic E-state index is 12.2. The van der Waals surface area contributed by atoms with Crippen molar-refractivity contribution < 1.29 is 17.9 Å². The molecule has 0 saturated carbocycles. The van der Waals surface area contributed by atoms with E-state index in [-0.39, 0.29) is 5.88 Å². The van der Waals surface area contributed by atoms with Crippen molar-refractivity contribution in [3.63, 3.8) is 0 Å². The minimum absolute atomic E-state index is 0.0980. The lowest BCUT2D eigenvalue weighted by Crippen LogP contribution is -2.31. The van der Waals surface area contributed by atoms with Gasteiger partial charge in [0.2, 0.25) is 5.88 Å². The van der Waals surface area contributed by atoms with Crippen molar-refractivity contribution in [2.75, 3.05) is 0 Å². The van der Waals surface area contributed by atoms with Gasteiger partial charge in [0.05, 0.1) is 0 Å². The van der Waals surface area contributed by atoms with Crippen molar-refractivity contribution in [2.24, 2.45) is 0 Å². The fourth-order valence-electron chi connectivity index (χ4n) is 0.814. The molecule has 0 aliphatic rings. The lowest BCUT2D eigenvalue weighted by atomic mass is 10.4. The van der Waals surface area contributed by atoms with Gasteiger partial charge in [-0.05, 0) is 29.8 Å². The molecule has 1 aromatic heterocycles. The average Bonchev–Trinajstić information content (AvgIpc) is 1.99. The first-order valence-corrected chi connectivity index (χ1v) is 4.83. The second kappa shape index (κ2) is 4.34. The fourth-order valence-corrected chi connectivity index (χ4v) is 1.27. The standard InChI is InChI=1S/C8H8BrF3N2O/c1-4(8(10,11)12)15-7-3-6(9)13-5(2)14-7/h3-4H,1-2H3. The van der Waals surface area contributed by atoms with Crippen molar-refractivity contribution >= 4 is 15.9 Å². The number of alkyl halides is 3. The van der Waals surface area contributed by atoms with Crippen LogP contribution in [0.4, 0.5) is 13.2 Å². The lowest BCUT2D eigenvalue weighted by Gasteiger charge is -2.16. The minimum atomic E-state index is -4.40. The lowest BCUT2D eigenvalue weighted by molar-refractivity contribution is -0.190. The van der Waals surface area contributed by atoms with E-state index in [1.807, 2.05) is 0 Å². The zero-order valence-corrected chi connectivity index (χ0v) is 9.56. The number of halogens is 4. The summed E-state index contributed by atoms with van der Waals surface area (Å²) in [6.45, 7) is 2.49. The molecule has 1 atom stereocenters. The topological polar surface area (TPSA) is 35.0 Å². The van der Waals surface area contributed by atoms with Crippen molar-refractivity contribution in [3.05, 3.63) is 16.5 Å². The summed E-state index contributed by atoms with van der Waals surface area (Å²) in [5.74, 6) is 0.243. The highest BCUT2D eigenvalue weighted by atomic mass is 79.9. The van der Waals surface area contributed by atoms with Crippen LogP contribution in [0, 0.1) is 6.92 Å². The molecule has 0 aromatic carbocycles. The zero-order chi connectivity index (χ0) is 11.6. The molecule has 3 nitrogen and oxygen atoms in total. The highest BCUT2D eigenvalue weighted by Crippen LogP contribution is 2.24. The molecule has 84 valence electrons. The Hall–Kier alpha value is -0.850. The predicted molar refractivity (Wildman–Crippen MR) is 50.6 cm³/mol. The van der Waals surface area contributed by atoms with Gasteiger partial charge >= 0.3 is 6.18 Å². The smallest absolute Gasteiger partial charge is 0.425 e. The van der Waals surface area contributed by atoms with Gasteiger partial charge < -0.3 is 4.74 Å². The summed E-state index contributed by atoms with van der Waals surface area (Å²) in [7, 11) is 0. The molecule has 0 amide bonds. The van der Waals surface area contributed by atoms with Crippen molar-refractivity contribution in [3.8, 4) is 5.88 Å². The van der Waals surface area contributed by atoms with Gasteiger partial charge in [-0.25, -0.2) is 4.98 Å². The Morgan fingerprint density at radius 2 is 2.00 bits per heavy atom. The van der Waals surface area contributed by atoms with Gasteiger partial charge in [0, 0.05) is 6.07 Å². The van der Waals surface area contributed by atoms with Crippen LogP contribution in [-0.2, 0) is 0 Å². The van der Waals surface area contributed by atoms with Crippen LogP contribution in [0.25, 0.3) is 0 Å². The monoisotopic (exact) mass is 284 g/mol. The average molecular weight is 285 g/mol. The van der Waals surface area contributed by atoms with Crippen LogP contribution < -0.4 is 4.74 Å². The summed E-state index contributed by atoms with van der Waals surface area (Å²) in [5.41, 5.74) is 0. The Bertz CT molecular complexity index is 336. The van der Waals surface area contributed by atoms with Crippen LogP contribution in [0.15, 0.2) is 10.7 Å². The largest absolute Gasteiger partial charge is 0.465 e. The Balaban J connectivity index is 2.81. The van der Waals surface area contributed by atoms with Crippen LogP contribution in [0.5, 0.6) is 5.88 Å². The number of nitrogens with zero attached hydrogens (tertiary/aromatic N) is 2. The van der Waals surface area contributed by atoms with E-state index >= 15 is 0 Å². The molecule has 1 aromatic rings. The number of hydrogen-bond acceptors (Lipinski definition) is 3. The molecule has 1 heterocycles. The Morgan fingerprint density at radius 3 is 2.47 bits per heavy atom. The summed E-state index contributed by atoms with van der Waals surface area (Å²) >= 11 is 3.04. The van der Waals surface area contributed by atoms with Crippen LogP contribution in [0.1, 0.15) is 12.7 Å². The minimum Gasteiger partial charge on any atom is -0.465 e. The number of hydrogen-bond donors (Lipinski definition) is 0. The van der Waals surface area contributed by atoms with Gasteiger partial charge in [-0.15, -0.1) is 0 Å². The first-order valence-electron chi connectivity index (χ1n) is 4.03. The Kier molecular flexibility index (Phi) is 3.54. The summed E-state index contributed by atoms with van der Waals surface area (Å²) < 4.78 is 41.5. The second-order valence-corrected chi connectivity index (χ2v) is 3.69. The summed E-state index contributed by atoms with van der Waals surface area (Å²) in [6, 6.07) is 1.29. The number of rotatable bonds is 2. The molecule has 1 unspecified atom stereocenters. The van der Waals surface area contributed by atoms with Gasteiger partial charge in [-0.1, -0.05) is 0 Å². The van der Waals surface area contributed by atoms with Gasteiger partial charge in [-0.2, -0.15) is 18.2 Å². The maximum Gasteiger partial charge on any atom is 0.425 e. The number of aromatic nitrogens is 2. The zero-order valence-electron chi connectivity index (χ0n) is 7.97. The maximum atomic E-state index is 12.2. The fraction of sp³-hybridized carbons (Fsp3) is 0.500. The van der Waals surface area contributed by atoms with Crippen LogP contribution >= 0.6 is 15.9 Å². The first kappa shape index (κ1) is 12.2. The molecule has 0 saturated heterocycles. The van der Waals surface area contributed by atoms with Crippen molar-refractivity contribution in [2.45, 2.75) is 26.1 Å². The SMILES string of the molecule is Cc1nc(Br)cc(OC(C)C(F)(F)F)n1. The molecule has 0 spiro atoms. The molecule has 0 aliphatic carbocycles. The summed E-state index contributed by atoms with van der Waals surface area (Å²) in [6.07, 6.45) is -6.29. The van der Waals surface area contributed by atoms with E-state index < -0.39 is 12.3 Å². The third-order valence-corrected chi connectivity index (χ3v) is 1.95. The molecule has 0 bridgehead atoms. The van der Waals surface area contributed by atoms with Crippen molar-refractivity contribution in [1.29, 1.82) is 0 Å². The quantitative estimate of drug-likeness (QED) is 0.784. The third kappa shape index (κ3) is 3.65. The summed E-state index contributed by atoms with van der Waals surface area (Å²) in [5, 5.41) is 0. The second-order valence-electron chi connectivity index (χ2n) is 2.88. The van der Waals surface area contributed by atoms with E-state index in [4.69, 9.17) is 0 Å². The van der Waals surface area contributed by atoms with Crippen LogP contribution in [0.3, 0.4) is 0 Å². The molecule has 0 aliphatic heterocycles. The molecule has 0 radical (unpaired) electrons. The van der Waals surface area contributed by atoms with Gasteiger partial charge in [0.15, 0.2) is 6.10 Å². The van der Waals surface area contributed by atoms with Gasteiger partial charge in [0.25, 0.3) is 0 Å². The molecule has 1 rings (SSSR count). The van der Waals surface area contributed by atoms with Crippen molar-refractivity contribution in [1.82, 2.24) is 9.97 Å². The van der Waals surface area contributed by atoms with E-state index in [0.29, 0.717) is 10.4 Å². The van der Waals surface area contributed by atoms with Crippen LogP contribution in [-0.4, -0.2) is 22.2 Å². The van der Waals surface area contributed by atoms with E-state index in [2.05, 4.69) is 30.6 Å². The number of ether oxygens (including phenoxy) is 1. The molecule has 7 heteroatoms. The van der Waals surface area contributed by atoms with Crippen LogP contribution in [0.2, 0.25) is 0 Å². The molecule has 15 heavy (non-hydrogen) atoms. The normalized spacial score (nSPS) is 13.7. The third-order valence-electron chi connectivity index (χ3n) is 1.54. The van der Waals surface area contributed by atoms with Gasteiger partial charge in [0.1, 0.15) is 10.4 Å². The molecule has 0 N–H and O–H groups in total. The van der Waals surface area contributed by atoms with Gasteiger partial charge in [-0.3, -0.25) is 0 Å². The number of aryl methyl sites for hydroxylation is 1. The first-order chi connectivity index (χ1) is 6.79. The Morgan fingerprint density at radius 1 is 1.40 bits per heavy atom. The molecular weight excluding hydrogens is 277 g/mol. The summed E-state index contributed by atoms with van der Waals surface area (Å²) in [4.78, 5) is 7.57. The highest BCUT2D eigenvalue weighted by Gasteiger charge is 2.38. The van der Waals surface area contributed by atoms with E-state index in [1.165, 1.54) is 6.07 Å². The molecular formula is C8H8BrF3N2O. The Labute approximate surface area is 92.8 Å². The highest BCUT2D eigenvalue weighted by molar-refractivity contribution is 9.10. The predicted octanol–water partition coefficient (Wildman–Crippen LogP) is 2.88. The molecule has 0 fully saturated rings. The van der Waals surface area contributed by atoms with E-state index in [0.717, 1.165) is 6.92 Å². The van der Waals surface area contributed by atoms with E-state index in [9.17, 15) is 13.2 Å². The van der Waals surface area contributed by atoms with E-state index in [1.54, 1.807) is 6.92 Å².